The smallest absolute Gasteiger partial charge is 0.251 e. The third kappa shape index (κ3) is 3.70. The molecule has 1 unspecified atom stereocenters. The van der Waals surface area contributed by atoms with Gasteiger partial charge in [0.2, 0.25) is 0 Å². The van der Waals surface area contributed by atoms with Crippen LogP contribution in [-0.4, -0.2) is 32.7 Å². The molecule has 0 spiro atoms. The Morgan fingerprint density at radius 1 is 1.21 bits per heavy atom. The zero-order valence-electron chi connectivity index (χ0n) is 14.3. The number of hydrogen-bond donors (Lipinski definition) is 1. The summed E-state index contributed by atoms with van der Waals surface area (Å²) in [7, 11) is 1.68. The summed E-state index contributed by atoms with van der Waals surface area (Å²) < 4.78 is 5.20. The maximum absolute atomic E-state index is 12.3. The van der Waals surface area contributed by atoms with E-state index in [1.165, 1.54) is 5.69 Å². The molecule has 3 rings (SSSR count). The van der Waals surface area contributed by atoms with Gasteiger partial charge in [0.05, 0.1) is 7.11 Å². The first-order valence-electron chi connectivity index (χ1n) is 8.40. The van der Waals surface area contributed by atoms with Gasteiger partial charge >= 0.3 is 0 Å². The normalized spacial score (nSPS) is 16.9. The number of nitrogens with one attached hydrogen (secondary N) is 1. The van der Waals surface area contributed by atoms with Gasteiger partial charge in [0.15, 0.2) is 0 Å². The Morgan fingerprint density at radius 3 is 2.67 bits per heavy atom. The first-order valence-corrected chi connectivity index (χ1v) is 8.40. The number of carbonyl (C=O) groups excluding carboxylic acids is 1. The second-order valence-corrected chi connectivity index (χ2v) is 6.32. The van der Waals surface area contributed by atoms with Gasteiger partial charge in [-0.1, -0.05) is 18.2 Å². The fourth-order valence-corrected chi connectivity index (χ4v) is 3.19. The Hall–Kier alpha value is -2.49. The van der Waals surface area contributed by atoms with Gasteiger partial charge in [0.25, 0.3) is 5.91 Å². The molecular formula is C20H24N2O2. The highest BCUT2D eigenvalue weighted by atomic mass is 16.5. The molecule has 4 nitrogen and oxygen atoms in total. The minimum absolute atomic E-state index is 0.0241. The van der Waals surface area contributed by atoms with Crippen molar-refractivity contribution in [3.05, 3.63) is 59.7 Å². The highest BCUT2D eigenvalue weighted by Crippen LogP contribution is 2.25. The Labute approximate surface area is 143 Å². The van der Waals surface area contributed by atoms with Crippen molar-refractivity contribution in [3.63, 3.8) is 0 Å². The van der Waals surface area contributed by atoms with E-state index in [9.17, 15) is 4.79 Å². The molecule has 2 aromatic carbocycles. The lowest BCUT2D eigenvalue weighted by Gasteiger charge is -2.19. The molecule has 126 valence electrons. The number of ether oxygens (including phenoxy) is 1. The molecule has 1 N–H and O–H groups in total. The third-order valence-corrected chi connectivity index (χ3v) is 4.66. The van der Waals surface area contributed by atoms with Crippen molar-refractivity contribution in [2.45, 2.75) is 13.3 Å². The van der Waals surface area contributed by atoms with E-state index in [4.69, 9.17) is 4.74 Å². The SMILES string of the molecule is COc1ccc(N2CCC(CNC(=O)c3ccccc3C)C2)cc1. The van der Waals surface area contributed by atoms with Crippen molar-refractivity contribution in [1.29, 1.82) is 0 Å². The Morgan fingerprint density at radius 2 is 1.96 bits per heavy atom. The van der Waals surface area contributed by atoms with Crippen LogP contribution in [0, 0.1) is 12.8 Å². The molecule has 0 aromatic heterocycles. The maximum atomic E-state index is 12.3. The number of amides is 1. The zero-order valence-corrected chi connectivity index (χ0v) is 14.3. The highest BCUT2D eigenvalue weighted by Gasteiger charge is 2.23. The number of benzene rings is 2. The zero-order chi connectivity index (χ0) is 16.9. The predicted octanol–water partition coefficient (Wildman–Crippen LogP) is 3.26. The lowest BCUT2D eigenvalue weighted by atomic mass is 10.1. The van der Waals surface area contributed by atoms with E-state index in [1.54, 1.807) is 7.11 Å². The molecule has 1 saturated heterocycles. The monoisotopic (exact) mass is 324 g/mol. The van der Waals surface area contributed by atoms with Crippen LogP contribution in [0.2, 0.25) is 0 Å². The van der Waals surface area contributed by atoms with Gasteiger partial charge in [-0.05, 0) is 55.2 Å². The van der Waals surface area contributed by atoms with E-state index in [-0.39, 0.29) is 5.91 Å². The average Bonchev–Trinajstić information content (AvgIpc) is 3.09. The van der Waals surface area contributed by atoms with E-state index >= 15 is 0 Å². The average molecular weight is 324 g/mol. The van der Waals surface area contributed by atoms with E-state index in [2.05, 4.69) is 22.3 Å². The van der Waals surface area contributed by atoms with Crippen molar-refractivity contribution < 1.29 is 9.53 Å². The van der Waals surface area contributed by atoms with Gasteiger partial charge in [0.1, 0.15) is 5.75 Å². The molecule has 1 fully saturated rings. The second-order valence-electron chi connectivity index (χ2n) is 6.32. The molecule has 0 aliphatic carbocycles. The Balaban J connectivity index is 1.52. The topological polar surface area (TPSA) is 41.6 Å². The van der Waals surface area contributed by atoms with E-state index in [0.717, 1.165) is 42.9 Å². The summed E-state index contributed by atoms with van der Waals surface area (Å²) in [5.74, 6) is 1.39. The third-order valence-electron chi connectivity index (χ3n) is 4.66. The lowest BCUT2D eigenvalue weighted by molar-refractivity contribution is 0.0947. The van der Waals surface area contributed by atoms with Gasteiger partial charge < -0.3 is 15.0 Å². The largest absolute Gasteiger partial charge is 0.497 e. The number of carbonyl (C=O) groups is 1. The molecule has 0 saturated carbocycles. The Kier molecular flexibility index (Phi) is 5.04. The van der Waals surface area contributed by atoms with E-state index < -0.39 is 0 Å². The maximum Gasteiger partial charge on any atom is 0.251 e. The van der Waals surface area contributed by atoms with Crippen LogP contribution in [-0.2, 0) is 0 Å². The van der Waals surface area contributed by atoms with Gasteiger partial charge in [-0.15, -0.1) is 0 Å². The molecular weight excluding hydrogens is 300 g/mol. The molecule has 1 atom stereocenters. The van der Waals surface area contributed by atoms with Crippen LogP contribution in [0.3, 0.4) is 0 Å². The van der Waals surface area contributed by atoms with Crippen molar-refractivity contribution in [3.8, 4) is 5.75 Å². The van der Waals surface area contributed by atoms with Crippen molar-refractivity contribution in [2.24, 2.45) is 5.92 Å². The fourth-order valence-electron chi connectivity index (χ4n) is 3.19. The number of methoxy groups -OCH3 is 1. The van der Waals surface area contributed by atoms with Crippen molar-refractivity contribution in [1.82, 2.24) is 5.32 Å². The fraction of sp³-hybridized carbons (Fsp3) is 0.350. The summed E-state index contributed by atoms with van der Waals surface area (Å²) in [5.41, 5.74) is 2.99. The standard InChI is InChI=1S/C20H24N2O2/c1-15-5-3-4-6-19(15)20(23)21-13-16-11-12-22(14-16)17-7-9-18(24-2)10-8-17/h3-10,16H,11-14H2,1-2H3,(H,21,23). The predicted molar refractivity (Wildman–Crippen MR) is 96.8 cm³/mol. The van der Waals surface area contributed by atoms with Crippen LogP contribution in [0.5, 0.6) is 5.75 Å². The van der Waals surface area contributed by atoms with Crippen molar-refractivity contribution >= 4 is 11.6 Å². The van der Waals surface area contributed by atoms with Crippen LogP contribution < -0.4 is 15.0 Å². The number of aryl methyl sites for hydroxylation is 1. The highest BCUT2D eigenvalue weighted by molar-refractivity contribution is 5.95. The molecule has 1 aliphatic heterocycles. The van der Waals surface area contributed by atoms with Crippen LogP contribution in [0.1, 0.15) is 22.3 Å². The molecule has 0 bridgehead atoms. The lowest BCUT2D eigenvalue weighted by Crippen LogP contribution is -2.31. The summed E-state index contributed by atoms with van der Waals surface area (Å²) in [6.07, 6.45) is 1.10. The summed E-state index contributed by atoms with van der Waals surface area (Å²) in [4.78, 5) is 14.7. The minimum atomic E-state index is 0.0241. The van der Waals surface area contributed by atoms with Gasteiger partial charge in [-0.25, -0.2) is 0 Å². The van der Waals surface area contributed by atoms with E-state index in [1.807, 2.05) is 43.3 Å². The summed E-state index contributed by atoms with van der Waals surface area (Å²) in [6.45, 7) is 4.69. The van der Waals surface area contributed by atoms with Crippen LogP contribution in [0.4, 0.5) is 5.69 Å². The van der Waals surface area contributed by atoms with Gasteiger partial charge in [-0.2, -0.15) is 0 Å². The molecule has 4 heteroatoms. The quantitative estimate of drug-likeness (QED) is 0.918. The second kappa shape index (κ2) is 7.39. The molecule has 2 aromatic rings. The van der Waals surface area contributed by atoms with E-state index in [0.29, 0.717) is 5.92 Å². The molecule has 1 aliphatic rings. The summed E-state index contributed by atoms with van der Waals surface area (Å²) >= 11 is 0. The first-order chi connectivity index (χ1) is 11.7. The first kappa shape index (κ1) is 16.4. The van der Waals surface area contributed by atoms with Gasteiger partial charge in [0, 0.05) is 30.9 Å². The summed E-state index contributed by atoms with van der Waals surface area (Å²) in [5, 5.41) is 3.09. The van der Waals surface area contributed by atoms with Crippen molar-refractivity contribution in [2.75, 3.05) is 31.6 Å². The molecule has 1 heterocycles. The molecule has 0 radical (unpaired) electrons. The number of nitrogens with zero attached hydrogens (tertiary/aromatic N) is 1. The molecule has 1 amide bonds. The number of rotatable bonds is 5. The summed E-state index contributed by atoms with van der Waals surface area (Å²) in [6, 6.07) is 15.9. The Bertz CT molecular complexity index is 697. The van der Waals surface area contributed by atoms with Crippen LogP contribution in [0.15, 0.2) is 48.5 Å². The molecule has 24 heavy (non-hydrogen) atoms. The van der Waals surface area contributed by atoms with Crippen LogP contribution >= 0.6 is 0 Å². The number of anilines is 1. The van der Waals surface area contributed by atoms with Gasteiger partial charge in [-0.3, -0.25) is 4.79 Å². The number of hydrogen-bond acceptors (Lipinski definition) is 3. The van der Waals surface area contributed by atoms with Crippen LogP contribution in [0.25, 0.3) is 0 Å². The minimum Gasteiger partial charge on any atom is -0.497 e.